The highest BCUT2D eigenvalue weighted by Crippen LogP contribution is 2.12. The Morgan fingerprint density at radius 3 is 1.20 bits per heavy atom. The van der Waals surface area contributed by atoms with Crippen LogP contribution in [0, 0.1) is 0 Å². The van der Waals surface area contributed by atoms with Gasteiger partial charge in [-0.15, -0.1) is 0 Å². The molecule has 1 atom stereocenters. The van der Waals surface area contributed by atoms with Crippen LogP contribution in [0.4, 0.5) is 0 Å². The molecule has 0 fully saturated rings. The summed E-state index contributed by atoms with van der Waals surface area (Å²) in [6.07, 6.45) is 45.4. The summed E-state index contributed by atoms with van der Waals surface area (Å²) in [5, 5.41) is 0. The lowest BCUT2D eigenvalue weighted by molar-refractivity contribution is -0.167. The predicted octanol–water partition coefficient (Wildman–Crippen LogP) is 13.2. The van der Waals surface area contributed by atoms with Crippen molar-refractivity contribution in [1.29, 1.82) is 0 Å². The summed E-state index contributed by atoms with van der Waals surface area (Å²) in [4.78, 5) is 37.4. The van der Waals surface area contributed by atoms with Gasteiger partial charge in [-0.25, -0.2) is 0 Å². The van der Waals surface area contributed by atoms with Gasteiger partial charge < -0.3 is 14.2 Å². The fraction of sp³-hybridized carbons (Fsp3) is 0.756. The molecule has 0 bridgehead atoms. The van der Waals surface area contributed by atoms with E-state index in [2.05, 4.69) is 69.4 Å². The normalized spacial score (nSPS) is 12.5. The van der Waals surface area contributed by atoms with Crippen LogP contribution in [0.1, 0.15) is 201 Å². The highest BCUT2D eigenvalue weighted by Gasteiger charge is 2.19. The first-order valence-electron chi connectivity index (χ1n) is 21.1. The largest absolute Gasteiger partial charge is 0.462 e. The van der Waals surface area contributed by atoms with E-state index in [9.17, 15) is 14.4 Å². The molecule has 51 heavy (non-hydrogen) atoms. The molecule has 0 amide bonds. The first kappa shape index (κ1) is 48.4. The molecule has 0 N–H and O–H groups in total. The van der Waals surface area contributed by atoms with Gasteiger partial charge in [-0.3, -0.25) is 14.4 Å². The minimum absolute atomic E-state index is 0.0849. The molecule has 0 saturated heterocycles. The van der Waals surface area contributed by atoms with E-state index in [0.717, 1.165) is 116 Å². The number of carbonyl (C=O) groups excluding carboxylic acids is 3. The van der Waals surface area contributed by atoms with E-state index in [0.29, 0.717) is 19.3 Å². The van der Waals surface area contributed by atoms with Gasteiger partial charge in [0.1, 0.15) is 13.2 Å². The van der Waals surface area contributed by atoms with Gasteiger partial charge in [-0.05, 0) is 77.0 Å². The number of hydrogen-bond acceptors (Lipinski definition) is 6. The SMILES string of the molecule is CCC/C=C\C/C=C\CCCCCCCC(=O)OC(COC(=O)CCCCCCC)COC(=O)CCCCCCC/C=C\C/C=C\CCCCC. The quantitative estimate of drug-likeness (QED) is 0.0276. The number of unbranched alkanes of at least 4 members (excludes halogenated alkanes) is 18. The maximum absolute atomic E-state index is 12.6. The number of rotatable bonds is 37. The summed E-state index contributed by atoms with van der Waals surface area (Å²) in [5.41, 5.74) is 0. The highest BCUT2D eigenvalue weighted by atomic mass is 16.6. The summed E-state index contributed by atoms with van der Waals surface area (Å²) in [6.45, 7) is 6.41. The molecule has 0 heterocycles. The Bertz CT molecular complexity index is 918. The van der Waals surface area contributed by atoms with Gasteiger partial charge in [0, 0.05) is 19.3 Å². The maximum Gasteiger partial charge on any atom is 0.306 e. The van der Waals surface area contributed by atoms with Gasteiger partial charge >= 0.3 is 17.9 Å². The van der Waals surface area contributed by atoms with Crippen molar-refractivity contribution in [3.8, 4) is 0 Å². The van der Waals surface area contributed by atoms with E-state index in [1.54, 1.807) is 0 Å². The van der Waals surface area contributed by atoms with E-state index >= 15 is 0 Å². The number of carbonyl (C=O) groups is 3. The van der Waals surface area contributed by atoms with Crippen LogP contribution in [-0.4, -0.2) is 37.2 Å². The molecular formula is C45H78O6. The zero-order chi connectivity index (χ0) is 37.3. The molecule has 294 valence electrons. The molecular weight excluding hydrogens is 636 g/mol. The van der Waals surface area contributed by atoms with Crippen LogP contribution in [0.2, 0.25) is 0 Å². The number of esters is 3. The smallest absolute Gasteiger partial charge is 0.306 e. The van der Waals surface area contributed by atoms with Crippen LogP contribution < -0.4 is 0 Å². The topological polar surface area (TPSA) is 78.9 Å². The molecule has 0 spiro atoms. The lowest BCUT2D eigenvalue weighted by Crippen LogP contribution is -2.30. The van der Waals surface area contributed by atoms with Crippen LogP contribution >= 0.6 is 0 Å². The summed E-state index contributed by atoms with van der Waals surface area (Å²) < 4.78 is 16.5. The second-order valence-corrected chi connectivity index (χ2v) is 13.9. The van der Waals surface area contributed by atoms with Crippen LogP contribution in [0.5, 0.6) is 0 Å². The minimum Gasteiger partial charge on any atom is -0.462 e. The van der Waals surface area contributed by atoms with Gasteiger partial charge in [0.2, 0.25) is 0 Å². The first-order chi connectivity index (χ1) is 25.0. The van der Waals surface area contributed by atoms with Crippen molar-refractivity contribution >= 4 is 17.9 Å². The molecule has 0 aromatic carbocycles. The van der Waals surface area contributed by atoms with Crippen LogP contribution in [0.3, 0.4) is 0 Å². The average Bonchev–Trinajstić information content (AvgIpc) is 3.12. The van der Waals surface area contributed by atoms with Crippen molar-refractivity contribution in [2.24, 2.45) is 0 Å². The summed E-state index contributed by atoms with van der Waals surface area (Å²) in [5.74, 6) is -0.932. The van der Waals surface area contributed by atoms with Gasteiger partial charge in [-0.1, -0.05) is 153 Å². The zero-order valence-corrected chi connectivity index (χ0v) is 33.4. The third-order valence-electron chi connectivity index (χ3n) is 8.79. The van der Waals surface area contributed by atoms with Crippen molar-refractivity contribution in [3.05, 3.63) is 48.6 Å². The van der Waals surface area contributed by atoms with Crippen LogP contribution in [-0.2, 0) is 28.6 Å². The fourth-order valence-electron chi connectivity index (χ4n) is 5.57. The lowest BCUT2D eigenvalue weighted by Gasteiger charge is -2.18. The van der Waals surface area contributed by atoms with Crippen LogP contribution in [0.15, 0.2) is 48.6 Å². The second-order valence-electron chi connectivity index (χ2n) is 13.9. The first-order valence-corrected chi connectivity index (χ1v) is 21.1. The Hall–Kier alpha value is -2.63. The molecule has 0 saturated carbocycles. The lowest BCUT2D eigenvalue weighted by atomic mass is 10.1. The fourth-order valence-corrected chi connectivity index (χ4v) is 5.57. The molecule has 6 nitrogen and oxygen atoms in total. The van der Waals surface area contributed by atoms with Crippen molar-refractivity contribution in [1.82, 2.24) is 0 Å². The third-order valence-corrected chi connectivity index (χ3v) is 8.79. The Kier molecular flexibility index (Phi) is 38.1. The molecule has 0 radical (unpaired) electrons. The molecule has 0 aliphatic heterocycles. The van der Waals surface area contributed by atoms with Crippen molar-refractivity contribution in [2.45, 2.75) is 207 Å². The molecule has 0 rings (SSSR count). The van der Waals surface area contributed by atoms with Crippen molar-refractivity contribution < 1.29 is 28.6 Å². The third kappa shape index (κ3) is 38.4. The Balaban J connectivity index is 4.30. The molecule has 0 aliphatic carbocycles. The van der Waals surface area contributed by atoms with Gasteiger partial charge in [0.25, 0.3) is 0 Å². The maximum atomic E-state index is 12.6. The Labute approximate surface area is 314 Å². The minimum atomic E-state index is -0.779. The van der Waals surface area contributed by atoms with Gasteiger partial charge in [-0.2, -0.15) is 0 Å². The van der Waals surface area contributed by atoms with Crippen molar-refractivity contribution in [3.63, 3.8) is 0 Å². The van der Waals surface area contributed by atoms with E-state index in [1.807, 2.05) is 0 Å². The number of ether oxygens (including phenoxy) is 3. The zero-order valence-electron chi connectivity index (χ0n) is 33.4. The van der Waals surface area contributed by atoms with E-state index < -0.39 is 6.10 Å². The average molecular weight is 715 g/mol. The second kappa shape index (κ2) is 40.1. The Morgan fingerprint density at radius 2 is 0.745 bits per heavy atom. The standard InChI is InChI=1S/C45H78O6/c1-4-7-10-13-15-17-19-21-22-24-25-27-29-32-35-38-44(47)50-41-42(40-49-43(46)37-34-31-12-9-6-3)51-45(48)39-36-33-30-28-26-23-20-18-16-14-11-8-5-2/h11,14-15,17-18,20-22,42H,4-10,12-13,16,19,23-41H2,1-3H3/b14-11-,17-15-,20-18-,22-21-. The van der Waals surface area contributed by atoms with E-state index in [-0.39, 0.29) is 31.1 Å². The molecule has 0 aromatic rings. The Morgan fingerprint density at radius 1 is 0.392 bits per heavy atom. The molecule has 6 heteroatoms. The molecule has 0 aromatic heterocycles. The molecule has 1 unspecified atom stereocenters. The van der Waals surface area contributed by atoms with Crippen molar-refractivity contribution in [2.75, 3.05) is 13.2 Å². The number of allylic oxidation sites excluding steroid dienone is 8. The summed E-state index contributed by atoms with van der Waals surface area (Å²) in [7, 11) is 0. The summed E-state index contributed by atoms with van der Waals surface area (Å²) in [6, 6.07) is 0. The van der Waals surface area contributed by atoms with Gasteiger partial charge in [0.05, 0.1) is 0 Å². The van der Waals surface area contributed by atoms with E-state index in [1.165, 1.54) is 44.9 Å². The van der Waals surface area contributed by atoms with E-state index in [4.69, 9.17) is 14.2 Å². The highest BCUT2D eigenvalue weighted by molar-refractivity contribution is 5.71. The van der Waals surface area contributed by atoms with Gasteiger partial charge in [0.15, 0.2) is 6.10 Å². The summed E-state index contributed by atoms with van der Waals surface area (Å²) >= 11 is 0. The predicted molar refractivity (Wildman–Crippen MR) is 215 cm³/mol. The number of hydrogen-bond donors (Lipinski definition) is 0. The monoisotopic (exact) mass is 715 g/mol. The van der Waals surface area contributed by atoms with Crippen LogP contribution in [0.25, 0.3) is 0 Å². The molecule has 0 aliphatic rings.